The van der Waals surface area contributed by atoms with Gasteiger partial charge in [-0.1, -0.05) is 12.1 Å². The summed E-state index contributed by atoms with van der Waals surface area (Å²) in [4.78, 5) is 27.6. The van der Waals surface area contributed by atoms with E-state index in [0.29, 0.717) is 11.3 Å². The lowest BCUT2D eigenvalue weighted by molar-refractivity contribution is -0.131. The number of esters is 2. The van der Waals surface area contributed by atoms with Gasteiger partial charge in [0.1, 0.15) is 11.4 Å². The maximum atomic E-state index is 12.6. The molecule has 3 rings (SSSR count). The van der Waals surface area contributed by atoms with Gasteiger partial charge in [0.25, 0.3) is 0 Å². The van der Waals surface area contributed by atoms with E-state index in [1.165, 1.54) is 6.92 Å². The average molecular weight is 349 g/mol. The second-order valence-corrected chi connectivity index (χ2v) is 6.45. The molecule has 0 saturated heterocycles. The minimum Gasteiger partial charge on any atom is -0.451 e. The number of ether oxygens (including phenoxy) is 2. The Morgan fingerprint density at radius 2 is 1.58 bits per heavy atom. The van der Waals surface area contributed by atoms with Crippen molar-refractivity contribution >= 4 is 22.7 Å². The van der Waals surface area contributed by atoms with Crippen LogP contribution in [-0.2, 0) is 15.1 Å². The van der Waals surface area contributed by atoms with E-state index in [9.17, 15) is 9.59 Å². The van der Waals surface area contributed by atoms with Crippen LogP contribution in [0.3, 0.4) is 0 Å². The van der Waals surface area contributed by atoms with Gasteiger partial charge >= 0.3 is 11.9 Å². The maximum Gasteiger partial charge on any atom is 0.339 e. The van der Waals surface area contributed by atoms with Crippen LogP contribution < -0.4 is 4.74 Å². The van der Waals surface area contributed by atoms with Crippen molar-refractivity contribution in [2.45, 2.75) is 26.4 Å². The van der Waals surface area contributed by atoms with Crippen molar-refractivity contribution in [3.05, 3.63) is 72.1 Å². The molecule has 3 aromatic rings. The minimum atomic E-state index is -0.770. The van der Waals surface area contributed by atoms with E-state index in [1.807, 2.05) is 26.0 Å². The van der Waals surface area contributed by atoms with Gasteiger partial charge in [-0.05, 0) is 66.6 Å². The molecule has 5 nitrogen and oxygen atoms in total. The van der Waals surface area contributed by atoms with E-state index >= 15 is 0 Å². The van der Waals surface area contributed by atoms with Gasteiger partial charge in [-0.25, -0.2) is 4.79 Å². The van der Waals surface area contributed by atoms with Gasteiger partial charge in [0, 0.05) is 19.3 Å². The molecule has 2 aromatic carbocycles. The summed E-state index contributed by atoms with van der Waals surface area (Å²) in [5.74, 6) is -0.306. The predicted molar refractivity (Wildman–Crippen MR) is 97.9 cm³/mol. The molecule has 26 heavy (non-hydrogen) atoms. The van der Waals surface area contributed by atoms with Crippen LogP contribution in [0.2, 0.25) is 0 Å². The van der Waals surface area contributed by atoms with Gasteiger partial charge in [-0.3, -0.25) is 9.78 Å². The molecule has 0 aliphatic carbocycles. The number of fused-ring (bicyclic) bond motifs is 1. The van der Waals surface area contributed by atoms with Crippen molar-refractivity contribution in [1.29, 1.82) is 0 Å². The van der Waals surface area contributed by atoms with E-state index in [-0.39, 0.29) is 5.97 Å². The smallest absolute Gasteiger partial charge is 0.339 e. The number of carbonyl (C=O) groups is 2. The summed E-state index contributed by atoms with van der Waals surface area (Å²) in [7, 11) is 0. The number of hydrogen-bond donors (Lipinski definition) is 0. The average Bonchev–Trinajstić information content (AvgIpc) is 2.61. The van der Waals surface area contributed by atoms with Gasteiger partial charge < -0.3 is 9.47 Å². The van der Waals surface area contributed by atoms with E-state index in [4.69, 9.17) is 9.47 Å². The summed E-state index contributed by atoms with van der Waals surface area (Å²) >= 11 is 0. The highest BCUT2D eigenvalue weighted by Gasteiger charge is 2.26. The molecule has 0 radical (unpaired) electrons. The van der Waals surface area contributed by atoms with E-state index in [2.05, 4.69) is 4.98 Å². The number of benzene rings is 2. The van der Waals surface area contributed by atoms with Crippen molar-refractivity contribution < 1.29 is 19.1 Å². The first-order valence-electron chi connectivity index (χ1n) is 8.21. The lowest BCUT2D eigenvalue weighted by Crippen LogP contribution is -2.25. The third-order valence-electron chi connectivity index (χ3n) is 4.03. The normalized spacial score (nSPS) is 11.2. The molecule has 0 unspecified atom stereocenters. The molecular formula is C21H19NO4. The first kappa shape index (κ1) is 17.6. The third-order valence-corrected chi connectivity index (χ3v) is 4.03. The quantitative estimate of drug-likeness (QED) is 0.520. The Morgan fingerprint density at radius 1 is 0.923 bits per heavy atom. The zero-order valence-corrected chi connectivity index (χ0v) is 14.9. The van der Waals surface area contributed by atoms with Gasteiger partial charge in [0.2, 0.25) is 0 Å². The van der Waals surface area contributed by atoms with Crippen LogP contribution in [0.4, 0.5) is 0 Å². The van der Waals surface area contributed by atoms with Crippen molar-refractivity contribution in [2.24, 2.45) is 0 Å². The minimum absolute atomic E-state index is 0.372. The SMILES string of the molecule is CC(=O)Oc1ccc2cc(C(=O)OC(C)(C)c3ccncc3)ccc2c1. The summed E-state index contributed by atoms with van der Waals surface area (Å²) in [5, 5.41) is 1.73. The molecule has 0 fully saturated rings. The van der Waals surface area contributed by atoms with Crippen LogP contribution in [0.25, 0.3) is 10.8 Å². The molecule has 0 saturated carbocycles. The standard InChI is InChI=1S/C21H19NO4/c1-14(23)25-19-7-6-15-12-17(5-4-16(15)13-19)20(24)26-21(2,3)18-8-10-22-11-9-18/h4-13H,1-3H3. The fourth-order valence-electron chi connectivity index (χ4n) is 2.68. The molecule has 0 N–H and O–H groups in total. The molecule has 0 aliphatic rings. The van der Waals surface area contributed by atoms with Crippen LogP contribution in [-0.4, -0.2) is 16.9 Å². The molecule has 1 heterocycles. The first-order chi connectivity index (χ1) is 12.3. The second-order valence-electron chi connectivity index (χ2n) is 6.45. The molecular weight excluding hydrogens is 330 g/mol. The number of aromatic nitrogens is 1. The molecule has 0 bridgehead atoms. The Balaban J connectivity index is 1.83. The summed E-state index contributed by atoms with van der Waals surface area (Å²) in [6.45, 7) is 5.03. The van der Waals surface area contributed by atoms with Crippen LogP contribution in [0.15, 0.2) is 60.9 Å². The van der Waals surface area contributed by atoms with Crippen LogP contribution in [0, 0.1) is 0 Å². The van der Waals surface area contributed by atoms with Gasteiger partial charge in [-0.15, -0.1) is 0 Å². The van der Waals surface area contributed by atoms with Gasteiger partial charge in [-0.2, -0.15) is 0 Å². The maximum absolute atomic E-state index is 12.6. The Bertz CT molecular complexity index is 964. The second kappa shape index (κ2) is 6.96. The van der Waals surface area contributed by atoms with Crippen LogP contribution in [0.5, 0.6) is 5.75 Å². The van der Waals surface area contributed by atoms with E-state index < -0.39 is 11.6 Å². The Kier molecular flexibility index (Phi) is 4.71. The van der Waals surface area contributed by atoms with E-state index in [1.54, 1.807) is 48.8 Å². The zero-order chi connectivity index (χ0) is 18.7. The first-order valence-corrected chi connectivity index (χ1v) is 8.21. The highest BCUT2D eigenvalue weighted by atomic mass is 16.6. The third kappa shape index (κ3) is 3.88. The van der Waals surface area contributed by atoms with Gasteiger partial charge in [0.15, 0.2) is 0 Å². The lowest BCUT2D eigenvalue weighted by atomic mass is 9.99. The molecule has 5 heteroatoms. The number of rotatable bonds is 4. The van der Waals surface area contributed by atoms with Crippen molar-refractivity contribution in [1.82, 2.24) is 4.98 Å². The number of nitrogens with zero attached hydrogens (tertiary/aromatic N) is 1. The summed E-state index contributed by atoms with van der Waals surface area (Å²) in [6.07, 6.45) is 3.34. The Morgan fingerprint density at radius 3 is 2.27 bits per heavy atom. The van der Waals surface area contributed by atoms with Crippen LogP contribution >= 0.6 is 0 Å². The fourth-order valence-corrected chi connectivity index (χ4v) is 2.68. The highest BCUT2D eigenvalue weighted by molar-refractivity contribution is 5.96. The molecule has 0 atom stereocenters. The summed E-state index contributed by atoms with van der Waals surface area (Å²) in [5.41, 5.74) is 0.557. The van der Waals surface area contributed by atoms with E-state index in [0.717, 1.165) is 16.3 Å². The lowest BCUT2D eigenvalue weighted by Gasteiger charge is -2.25. The number of carbonyl (C=O) groups excluding carboxylic acids is 2. The Hall–Kier alpha value is -3.21. The van der Waals surface area contributed by atoms with Gasteiger partial charge in [0.05, 0.1) is 5.56 Å². The summed E-state index contributed by atoms with van der Waals surface area (Å²) in [6, 6.07) is 14.2. The molecule has 1 aromatic heterocycles. The molecule has 0 spiro atoms. The largest absolute Gasteiger partial charge is 0.451 e. The number of hydrogen-bond acceptors (Lipinski definition) is 5. The zero-order valence-electron chi connectivity index (χ0n) is 14.9. The van der Waals surface area contributed by atoms with Crippen molar-refractivity contribution in [3.63, 3.8) is 0 Å². The summed E-state index contributed by atoms with van der Waals surface area (Å²) < 4.78 is 10.8. The highest BCUT2D eigenvalue weighted by Crippen LogP contribution is 2.27. The topological polar surface area (TPSA) is 65.5 Å². The molecule has 0 amide bonds. The van der Waals surface area contributed by atoms with Crippen LogP contribution in [0.1, 0.15) is 36.7 Å². The van der Waals surface area contributed by atoms with Crippen molar-refractivity contribution in [3.8, 4) is 5.75 Å². The van der Waals surface area contributed by atoms with Crippen molar-refractivity contribution in [2.75, 3.05) is 0 Å². The number of pyridine rings is 1. The molecule has 0 aliphatic heterocycles. The fraction of sp³-hybridized carbons (Fsp3) is 0.190. The molecule has 132 valence electrons. The predicted octanol–water partition coefficient (Wildman–Crippen LogP) is 4.25. The Labute approximate surface area is 151 Å². The monoisotopic (exact) mass is 349 g/mol.